The van der Waals surface area contributed by atoms with E-state index in [4.69, 9.17) is 0 Å². The predicted octanol–water partition coefficient (Wildman–Crippen LogP) is 4.50. The van der Waals surface area contributed by atoms with Crippen molar-refractivity contribution in [3.63, 3.8) is 0 Å². The van der Waals surface area contributed by atoms with Gasteiger partial charge in [0.15, 0.2) is 0 Å². The normalized spacial score (nSPS) is 17.3. The molecule has 0 amide bonds. The van der Waals surface area contributed by atoms with Gasteiger partial charge in [-0.15, -0.1) is 0 Å². The first kappa shape index (κ1) is 14.4. The second-order valence-electron chi connectivity index (χ2n) is 5.66. The molecular weight excluding hydrogens is 244 g/mol. The number of benzene rings is 1. The molecule has 106 valence electrons. The minimum absolute atomic E-state index is 0.0181. The summed E-state index contributed by atoms with van der Waals surface area (Å²) >= 11 is 0. The minimum Gasteiger partial charge on any atom is -0.310 e. The fraction of sp³-hybridized carbons (Fsp3) is 0.625. The Morgan fingerprint density at radius 3 is 2.58 bits per heavy atom. The van der Waals surface area contributed by atoms with E-state index in [0.717, 1.165) is 25.5 Å². The number of hydrogen-bond donors (Lipinski definition) is 1. The predicted molar refractivity (Wildman–Crippen MR) is 74.1 cm³/mol. The number of rotatable bonds is 6. The molecule has 2 rings (SSSR count). The molecule has 0 saturated heterocycles. The van der Waals surface area contributed by atoms with Crippen LogP contribution in [0.2, 0.25) is 0 Å². The molecule has 19 heavy (non-hydrogen) atoms. The summed E-state index contributed by atoms with van der Waals surface area (Å²) in [6.07, 6.45) is 5.75. The van der Waals surface area contributed by atoms with E-state index in [1.54, 1.807) is 13.0 Å². The summed E-state index contributed by atoms with van der Waals surface area (Å²) in [5.41, 5.74) is 1.15. The van der Waals surface area contributed by atoms with Crippen LogP contribution in [0.3, 0.4) is 0 Å². The van der Waals surface area contributed by atoms with Crippen LogP contribution in [0.1, 0.15) is 56.2 Å². The van der Waals surface area contributed by atoms with Crippen molar-refractivity contribution >= 4 is 0 Å². The Labute approximate surface area is 114 Å². The molecule has 0 radical (unpaired) electrons. The van der Waals surface area contributed by atoms with Crippen LogP contribution in [-0.2, 0) is 0 Å². The molecule has 1 N–H and O–H groups in total. The van der Waals surface area contributed by atoms with Gasteiger partial charge in [-0.3, -0.25) is 0 Å². The van der Waals surface area contributed by atoms with E-state index in [2.05, 4.69) is 12.2 Å². The van der Waals surface area contributed by atoms with Crippen molar-refractivity contribution in [3.05, 3.63) is 34.9 Å². The van der Waals surface area contributed by atoms with Gasteiger partial charge in [-0.1, -0.05) is 26.2 Å². The lowest BCUT2D eigenvalue weighted by Crippen LogP contribution is -2.27. The van der Waals surface area contributed by atoms with Crippen molar-refractivity contribution in [1.82, 2.24) is 5.32 Å². The third-order valence-corrected chi connectivity index (χ3v) is 4.09. The first-order valence-electron chi connectivity index (χ1n) is 7.30. The van der Waals surface area contributed by atoms with Crippen molar-refractivity contribution in [1.29, 1.82) is 0 Å². The van der Waals surface area contributed by atoms with Crippen molar-refractivity contribution in [2.75, 3.05) is 6.54 Å². The van der Waals surface area contributed by atoms with Gasteiger partial charge < -0.3 is 5.32 Å². The van der Waals surface area contributed by atoms with Crippen molar-refractivity contribution < 1.29 is 8.78 Å². The van der Waals surface area contributed by atoms with Gasteiger partial charge in [-0.25, -0.2) is 8.78 Å². The number of aryl methyl sites for hydroxylation is 1. The zero-order valence-electron chi connectivity index (χ0n) is 11.8. The van der Waals surface area contributed by atoms with Crippen LogP contribution in [0.5, 0.6) is 0 Å². The zero-order chi connectivity index (χ0) is 13.8. The highest BCUT2D eigenvalue weighted by molar-refractivity contribution is 5.28. The van der Waals surface area contributed by atoms with Crippen molar-refractivity contribution in [2.24, 2.45) is 5.92 Å². The molecule has 1 atom stereocenters. The summed E-state index contributed by atoms with van der Waals surface area (Å²) in [6.45, 7) is 4.66. The van der Waals surface area contributed by atoms with Crippen LogP contribution >= 0.6 is 0 Å². The van der Waals surface area contributed by atoms with Gasteiger partial charge >= 0.3 is 0 Å². The monoisotopic (exact) mass is 267 g/mol. The van der Waals surface area contributed by atoms with Crippen molar-refractivity contribution in [3.8, 4) is 0 Å². The second-order valence-corrected chi connectivity index (χ2v) is 5.66. The van der Waals surface area contributed by atoms with E-state index in [1.165, 1.54) is 19.3 Å². The molecule has 1 nitrogen and oxygen atoms in total. The van der Waals surface area contributed by atoms with Crippen LogP contribution in [0.15, 0.2) is 12.1 Å². The van der Waals surface area contributed by atoms with Gasteiger partial charge in [0.05, 0.1) is 0 Å². The van der Waals surface area contributed by atoms with Crippen LogP contribution in [-0.4, -0.2) is 6.54 Å². The molecule has 1 unspecified atom stereocenters. The molecule has 1 aliphatic carbocycles. The third-order valence-electron chi connectivity index (χ3n) is 4.09. The first-order valence-corrected chi connectivity index (χ1v) is 7.30. The molecule has 1 fully saturated rings. The molecule has 0 heterocycles. The summed E-state index contributed by atoms with van der Waals surface area (Å²) in [7, 11) is 0. The average molecular weight is 267 g/mol. The largest absolute Gasteiger partial charge is 0.310 e. The van der Waals surface area contributed by atoms with Gasteiger partial charge in [0.2, 0.25) is 0 Å². The Morgan fingerprint density at radius 1 is 1.26 bits per heavy atom. The lowest BCUT2D eigenvalue weighted by molar-refractivity contribution is 0.258. The third kappa shape index (κ3) is 3.53. The Kier molecular flexibility index (Phi) is 4.92. The molecule has 1 aromatic rings. The van der Waals surface area contributed by atoms with Crippen LogP contribution < -0.4 is 5.32 Å². The fourth-order valence-electron chi connectivity index (χ4n) is 2.65. The number of nitrogens with one attached hydrogen (secondary N) is 1. The Hall–Kier alpha value is -0.960. The lowest BCUT2D eigenvalue weighted by atomic mass is 9.79. The molecule has 0 bridgehead atoms. The van der Waals surface area contributed by atoms with Crippen LogP contribution in [0, 0.1) is 24.5 Å². The molecule has 0 aliphatic heterocycles. The lowest BCUT2D eigenvalue weighted by Gasteiger charge is -2.30. The topological polar surface area (TPSA) is 12.0 Å². The molecule has 1 aromatic carbocycles. The summed E-state index contributed by atoms with van der Waals surface area (Å²) in [6, 6.07) is 2.70. The summed E-state index contributed by atoms with van der Waals surface area (Å²) in [4.78, 5) is 0. The summed E-state index contributed by atoms with van der Waals surface area (Å²) in [5.74, 6) is -0.186. The summed E-state index contributed by atoms with van der Waals surface area (Å²) < 4.78 is 27.4. The Balaban J connectivity index is 2.17. The molecule has 1 saturated carbocycles. The minimum atomic E-state index is -0.459. The SMILES string of the molecule is CCCNC(CC1CCC1)c1cc(C)c(F)cc1F. The van der Waals surface area contributed by atoms with Crippen LogP contribution in [0.25, 0.3) is 0 Å². The van der Waals surface area contributed by atoms with E-state index >= 15 is 0 Å². The maximum Gasteiger partial charge on any atom is 0.130 e. The number of halogens is 2. The second kappa shape index (κ2) is 6.47. The smallest absolute Gasteiger partial charge is 0.130 e. The Morgan fingerprint density at radius 2 is 2.00 bits per heavy atom. The van der Waals surface area contributed by atoms with E-state index in [9.17, 15) is 8.78 Å². The van der Waals surface area contributed by atoms with Gasteiger partial charge in [0, 0.05) is 17.7 Å². The maximum atomic E-state index is 14.0. The highest BCUT2D eigenvalue weighted by atomic mass is 19.1. The van der Waals surface area contributed by atoms with E-state index in [1.807, 2.05) is 0 Å². The Bertz CT molecular complexity index is 427. The van der Waals surface area contributed by atoms with Crippen molar-refractivity contribution in [2.45, 2.75) is 52.0 Å². The van der Waals surface area contributed by atoms with E-state index in [-0.39, 0.29) is 6.04 Å². The quantitative estimate of drug-likeness (QED) is 0.800. The maximum absolute atomic E-state index is 14.0. The molecular formula is C16H23F2N. The average Bonchev–Trinajstić information content (AvgIpc) is 2.32. The van der Waals surface area contributed by atoms with E-state index in [0.29, 0.717) is 17.0 Å². The first-order chi connectivity index (χ1) is 9.11. The molecule has 1 aliphatic rings. The highest BCUT2D eigenvalue weighted by Gasteiger charge is 2.25. The molecule has 0 spiro atoms. The standard InChI is InChI=1S/C16H23F2N/c1-3-7-19-16(9-12-5-4-6-12)13-8-11(2)14(17)10-15(13)18/h8,10,12,16,19H,3-7,9H2,1-2H3. The van der Waals surface area contributed by atoms with Gasteiger partial charge in [0.25, 0.3) is 0 Å². The van der Waals surface area contributed by atoms with Gasteiger partial charge in [-0.05, 0) is 43.9 Å². The molecule has 3 heteroatoms. The van der Waals surface area contributed by atoms with Gasteiger partial charge in [0.1, 0.15) is 11.6 Å². The zero-order valence-corrected chi connectivity index (χ0v) is 11.8. The van der Waals surface area contributed by atoms with Gasteiger partial charge in [-0.2, -0.15) is 0 Å². The molecule has 0 aromatic heterocycles. The van der Waals surface area contributed by atoms with E-state index < -0.39 is 11.6 Å². The summed E-state index contributed by atoms with van der Waals surface area (Å²) in [5, 5.41) is 3.41. The number of hydrogen-bond acceptors (Lipinski definition) is 1. The fourth-order valence-corrected chi connectivity index (χ4v) is 2.65. The highest BCUT2D eigenvalue weighted by Crippen LogP contribution is 2.35. The van der Waals surface area contributed by atoms with Crippen LogP contribution in [0.4, 0.5) is 8.78 Å².